The van der Waals surface area contributed by atoms with Crippen molar-refractivity contribution in [2.24, 2.45) is 15.2 Å². The summed E-state index contributed by atoms with van der Waals surface area (Å²) in [5, 5.41) is 18.4. The molecule has 2 aromatic rings. The average Bonchev–Trinajstić information content (AvgIpc) is 3.04. The summed E-state index contributed by atoms with van der Waals surface area (Å²) >= 11 is 0.904. The van der Waals surface area contributed by atoms with Gasteiger partial charge >= 0.3 is 5.97 Å². The summed E-state index contributed by atoms with van der Waals surface area (Å²) in [6.07, 6.45) is 1.04. The highest BCUT2D eigenvalue weighted by Crippen LogP contribution is 2.36. The molecule has 0 fully saturated rings. The van der Waals surface area contributed by atoms with Crippen LogP contribution in [0.3, 0.4) is 0 Å². The van der Waals surface area contributed by atoms with E-state index in [1.54, 1.807) is 18.2 Å². The molecule has 0 spiro atoms. The summed E-state index contributed by atoms with van der Waals surface area (Å²) in [5.74, 6) is -1.36. The van der Waals surface area contributed by atoms with Gasteiger partial charge in [-0.25, -0.2) is 4.79 Å². The number of carbonyl (C=O) groups excluding carboxylic acids is 2. The number of azo groups is 1. The van der Waals surface area contributed by atoms with Crippen LogP contribution in [0, 0.1) is 0 Å². The van der Waals surface area contributed by atoms with E-state index in [9.17, 15) is 14.7 Å². The third-order valence-corrected chi connectivity index (χ3v) is 3.82. The maximum atomic E-state index is 11.6. The molecule has 1 aromatic heterocycles. The fourth-order valence-corrected chi connectivity index (χ4v) is 2.61. The molecule has 1 aromatic carbocycles. The molecule has 1 aliphatic rings. The summed E-state index contributed by atoms with van der Waals surface area (Å²) in [4.78, 5) is 29.3. The van der Waals surface area contributed by atoms with E-state index in [0.29, 0.717) is 10.9 Å². The van der Waals surface area contributed by atoms with Gasteiger partial charge in [0, 0.05) is 11.5 Å². The molecule has 1 amide bonds. The Morgan fingerprint density at radius 2 is 2.17 bits per heavy atom. The maximum absolute atomic E-state index is 11.6. The first kappa shape index (κ1) is 15.0. The van der Waals surface area contributed by atoms with Crippen LogP contribution >= 0.6 is 11.8 Å². The van der Waals surface area contributed by atoms with Gasteiger partial charge in [0.15, 0.2) is 5.69 Å². The number of benzene rings is 1. The summed E-state index contributed by atoms with van der Waals surface area (Å²) in [7, 11) is 1.21. The van der Waals surface area contributed by atoms with E-state index >= 15 is 0 Å². The van der Waals surface area contributed by atoms with Gasteiger partial charge < -0.3 is 14.8 Å². The van der Waals surface area contributed by atoms with Gasteiger partial charge in [-0.2, -0.15) is 4.99 Å². The number of aromatic nitrogens is 1. The molecule has 2 N–H and O–H groups in total. The quantitative estimate of drug-likeness (QED) is 0.499. The second-order valence-electron chi connectivity index (χ2n) is 4.40. The zero-order chi connectivity index (χ0) is 16.4. The molecule has 3 rings (SSSR count). The molecule has 1 aliphatic heterocycles. The SMILES string of the molecule is COC(=O)/C=C1\SC(N=Nc2c(O)[nH]c3ccccc23)=NC1=O. The monoisotopic (exact) mass is 330 g/mol. The second kappa shape index (κ2) is 6.05. The summed E-state index contributed by atoms with van der Waals surface area (Å²) in [6.45, 7) is 0. The highest BCUT2D eigenvalue weighted by atomic mass is 32.2. The molecular formula is C14H10N4O4S. The van der Waals surface area contributed by atoms with Gasteiger partial charge in [-0.3, -0.25) is 4.79 Å². The lowest BCUT2D eigenvalue weighted by Crippen LogP contribution is -1.98. The number of thioether (sulfide) groups is 1. The largest absolute Gasteiger partial charge is 0.493 e. The number of nitrogens with zero attached hydrogens (tertiary/aromatic N) is 3. The maximum Gasteiger partial charge on any atom is 0.331 e. The number of rotatable bonds is 2. The van der Waals surface area contributed by atoms with Crippen LogP contribution in [0.4, 0.5) is 5.69 Å². The first-order valence-electron chi connectivity index (χ1n) is 6.40. The lowest BCUT2D eigenvalue weighted by atomic mass is 10.2. The minimum absolute atomic E-state index is 0.0786. The Morgan fingerprint density at radius 3 is 2.96 bits per heavy atom. The standard InChI is InChI=1S/C14H10N4O4S/c1-22-10(19)6-9-12(20)16-14(23-9)18-17-11-7-4-2-3-5-8(7)15-13(11)21/h2-6,15,21H,1H3/b9-6-,18-17?. The Hall–Kier alpha value is -2.94. The van der Waals surface area contributed by atoms with Crippen molar-refractivity contribution in [1.29, 1.82) is 0 Å². The molecular weight excluding hydrogens is 320 g/mol. The number of carbonyl (C=O) groups is 2. The Balaban J connectivity index is 1.85. The summed E-state index contributed by atoms with van der Waals surface area (Å²) in [6, 6.07) is 7.18. The van der Waals surface area contributed by atoms with E-state index in [0.717, 1.165) is 17.8 Å². The summed E-state index contributed by atoms with van der Waals surface area (Å²) < 4.78 is 4.46. The van der Waals surface area contributed by atoms with Crippen LogP contribution in [0.1, 0.15) is 0 Å². The zero-order valence-electron chi connectivity index (χ0n) is 11.8. The molecule has 116 valence electrons. The fourth-order valence-electron chi connectivity index (χ4n) is 1.91. The first-order valence-corrected chi connectivity index (χ1v) is 7.22. The molecule has 0 bridgehead atoms. The van der Waals surface area contributed by atoms with Crippen LogP contribution in [0.15, 0.2) is 50.5 Å². The second-order valence-corrected chi connectivity index (χ2v) is 5.41. The van der Waals surface area contributed by atoms with E-state index in [1.807, 2.05) is 6.07 Å². The molecule has 2 heterocycles. The number of amidine groups is 1. The van der Waals surface area contributed by atoms with E-state index in [4.69, 9.17) is 0 Å². The van der Waals surface area contributed by atoms with Crippen LogP contribution in [-0.2, 0) is 14.3 Å². The summed E-state index contributed by atoms with van der Waals surface area (Å²) in [5.41, 5.74) is 0.962. The lowest BCUT2D eigenvalue weighted by molar-refractivity contribution is -0.135. The van der Waals surface area contributed by atoms with Crippen molar-refractivity contribution in [1.82, 2.24) is 4.98 Å². The lowest BCUT2D eigenvalue weighted by Gasteiger charge is -1.93. The molecule has 0 saturated carbocycles. The number of nitrogens with one attached hydrogen (secondary N) is 1. The number of ether oxygens (including phenoxy) is 1. The third kappa shape index (κ3) is 2.99. The van der Waals surface area contributed by atoms with Gasteiger partial charge in [0.2, 0.25) is 11.0 Å². The Labute approximate surface area is 134 Å². The predicted molar refractivity (Wildman–Crippen MR) is 84.6 cm³/mol. The molecule has 8 nitrogen and oxygen atoms in total. The number of para-hydroxylation sites is 1. The number of hydrogen-bond acceptors (Lipinski definition) is 7. The van der Waals surface area contributed by atoms with Crippen LogP contribution < -0.4 is 0 Å². The van der Waals surface area contributed by atoms with E-state index in [2.05, 4.69) is 24.9 Å². The van der Waals surface area contributed by atoms with E-state index in [-0.39, 0.29) is 21.6 Å². The third-order valence-electron chi connectivity index (χ3n) is 2.95. The predicted octanol–water partition coefficient (Wildman–Crippen LogP) is 2.64. The first-order chi connectivity index (χ1) is 11.1. The van der Waals surface area contributed by atoms with Crippen molar-refractivity contribution < 1.29 is 19.4 Å². The molecule has 0 radical (unpaired) electrons. The fraction of sp³-hybridized carbons (Fsp3) is 0.0714. The number of hydrogen-bond donors (Lipinski definition) is 2. The zero-order valence-corrected chi connectivity index (χ0v) is 12.6. The van der Waals surface area contributed by atoms with Gasteiger partial charge in [-0.15, -0.1) is 10.2 Å². The van der Waals surface area contributed by atoms with E-state index < -0.39 is 11.9 Å². The number of amides is 1. The minimum atomic E-state index is -0.650. The van der Waals surface area contributed by atoms with Crippen LogP contribution in [0.5, 0.6) is 5.88 Å². The Morgan fingerprint density at radius 1 is 1.39 bits per heavy atom. The van der Waals surface area contributed by atoms with Crippen LogP contribution in [0.25, 0.3) is 10.9 Å². The minimum Gasteiger partial charge on any atom is -0.493 e. The van der Waals surface area contributed by atoms with Crippen molar-refractivity contribution >= 4 is 45.4 Å². The number of methoxy groups -OCH3 is 1. The highest BCUT2D eigenvalue weighted by molar-refractivity contribution is 8.18. The van der Waals surface area contributed by atoms with Crippen molar-refractivity contribution in [2.45, 2.75) is 0 Å². The van der Waals surface area contributed by atoms with Crippen molar-refractivity contribution in [2.75, 3.05) is 7.11 Å². The molecule has 0 atom stereocenters. The molecule has 0 aliphatic carbocycles. The van der Waals surface area contributed by atoms with Gasteiger partial charge in [0.1, 0.15) is 0 Å². The van der Waals surface area contributed by atoms with E-state index in [1.165, 1.54) is 7.11 Å². The number of aliphatic imine (C=N–C) groups is 1. The van der Waals surface area contributed by atoms with Gasteiger partial charge in [-0.05, 0) is 17.8 Å². The smallest absolute Gasteiger partial charge is 0.331 e. The molecule has 9 heteroatoms. The number of aromatic hydroxyl groups is 1. The number of H-pyrrole nitrogens is 1. The van der Waals surface area contributed by atoms with Crippen molar-refractivity contribution in [3.8, 4) is 5.88 Å². The number of aromatic amines is 1. The normalized spacial score (nSPS) is 16.5. The average molecular weight is 330 g/mol. The van der Waals surface area contributed by atoms with Crippen molar-refractivity contribution in [3.63, 3.8) is 0 Å². The topological polar surface area (TPSA) is 116 Å². The molecule has 0 unspecified atom stereocenters. The van der Waals surface area contributed by atoms with Crippen LogP contribution in [0.2, 0.25) is 0 Å². The number of fused-ring (bicyclic) bond motifs is 1. The van der Waals surface area contributed by atoms with Crippen LogP contribution in [-0.4, -0.2) is 34.2 Å². The van der Waals surface area contributed by atoms with Gasteiger partial charge in [-0.1, -0.05) is 18.2 Å². The van der Waals surface area contributed by atoms with Gasteiger partial charge in [0.25, 0.3) is 5.91 Å². The molecule has 0 saturated heterocycles. The number of esters is 1. The van der Waals surface area contributed by atoms with Gasteiger partial charge in [0.05, 0.1) is 17.5 Å². The Bertz CT molecular complexity index is 897. The highest BCUT2D eigenvalue weighted by Gasteiger charge is 2.23. The molecule has 23 heavy (non-hydrogen) atoms. The van der Waals surface area contributed by atoms with Crippen molar-refractivity contribution in [3.05, 3.63) is 35.2 Å². The Kier molecular flexibility index (Phi) is 3.94.